The molecule has 1 aromatic rings. The highest BCUT2D eigenvalue weighted by molar-refractivity contribution is 7.89. The number of sulfonamides is 1. The molecular formula is C13H22N4O3S. The first-order chi connectivity index (χ1) is 9.85. The van der Waals surface area contributed by atoms with Crippen molar-refractivity contribution in [2.75, 3.05) is 25.0 Å². The Morgan fingerprint density at radius 3 is 2.67 bits per heavy atom. The zero-order chi connectivity index (χ0) is 15.5. The zero-order valence-corrected chi connectivity index (χ0v) is 13.2. The van der Waals surface area contributed by atoms with E-state index in [0.717, 1.165) is 13.0 Å². The Hall–Kier alpha value is -1.25. The third-order valence-corrected chi connectivity index (χ3v) is 5.24. The first-order valence-electron chi connectivity index (χ1n) is 7.13. The Labute approximate surface area is 125 Å². The van der Waals surface area contributed by atoms with Crippen LogP contribution in [-0.2, 0) is 10.0 Å². The van der Waals surface area contributed by atoms with Gasteiger partial charge in [0, 0.05) is 19.6 Å². The van der Waals surface area contributed by atoms with Gasteiger partial charge in [0.2, 0.25) is 16.0 Å². The molecule has 21 heavy (non-hydrogen) atoms. The van der Waals surface area contributed by atoms with E-state index in [-0.39, 0.29) is 11.4 Å². The molecule has 1 saturated heterocycles. The fourth-order valence-electron chi connectivity index (χ4n) is 2.31. The van der Waals surface area contributed by atoms with Crippen LogP contribution >= 0.6 is 0 Å². The summed E-state index contributed by atoms with van der Waals surface area (Å²) in [5.74, 6) is 0.418. The average Bonchev–Trinajstić information content (AvgIpc) is 2.44. The monoisotopic (exact) mass is 314 g/mol. The summed E-state index contributed by atoms with van der Waals surface area (Å²) in [5, 5.41) is 13.0. The quantitative estimate of drug-likeness (QED) is 0.836. The third-order valence-electron chi connectivity index (χ3n) is 3.44. The highest BCUT2D eigenvalue weighted by Gasteiger charge is 2.35. The highest BCUT2D eigenvalue weighted by Crippen LogP contribution is 2.25. The van der Waals surface area contributed by atoms with E-state index in [1.54, 1.807) is 6.92 Å². The molecule has 2 heterocycles. The van der Waals surface area contributed by atoms with Crippen LogP contribution in [0.1, 0.15) is 33.1 Å². The minimum absolute atomic E-state index is 0.0576. The molecule has 7 nitrogen and oxygen atoms in total. The molecule has 1 aliphatic heterocycles. The van der Waals surface area contributed by atoms with Gasteiger partial charge in [-0.3, -0.25) is 0 Å². The molecule has 118 valence electrons. The number of anilines is 1. The Balaban J connectivity index is 2.15. The molecule has 0 aliphatic carbocycles. The van der Waals surface area contributed by atoms with Gasteiger partial charge in [-0.1, -0.05) is 6.92 Å². The van der Waals surface area contributed by atoms with Crippen molar-refractivity contribution < 1.29 is 13.5 Å². The van der Waals surface area contributed by atoms with E-state index in [2.05, 4.69) is 15.3 Å². The number of nitrogens with one attached hydrogen (secondary N) is 1. The number of aliphatic hydroxyl groups is 1. The molecule has 2 rings (SSSR count). The molecule has 2 N–H and O–H groups in total. The number of nitrogens with zero attached hydrogens (tertiary/aromatic N) is 3. The second-order valence-electron chi connectivity index (χ2n) is 5.61. The largest absolute Gasteiger partial charge is 0.389 e. The van der Waals surface area contributed by atoms with Gasteiger partial charge in [0.1, 0.15) is 4.90 Å². The van der Waals surface area contributed by atoms with Gasteiger partial charge in [-0.25, -0.2) is 18.4 Å². The van der Waals surface area contributed by atoms with Gasteiger partial charge in [0.15, 0.2) is 0 Å². The van der Waals surface area contributed by atoms with Crippen LogP contribution in [-0.4, -0.2) is 53.0 Å². The number of piperidine rings is 1. The number of hydrogen-bond acceptors (Lipinski definition) is 6. The Kier molecular flexibility index (Phi) is 4.80. The van der Waals surface area contributed by atoms with Crippen molar-refractivity contribution in [1.29, 1.82) is 0 Å². The van der Waals surface area contributed by atoms with E-state index in [9.17, 15) is 13.5 Å². The normalized spacial score (nSPS) is 24.0. The predicted octanol–water partition coefficient (Wildman–Crippen LogP) is 0.834. The van der Waals surface area contributed by atoms with Crippen LogP contribution in [0.2, 0.25) is 0 Å². The molecule has 0 amide bonds. The van der Waals surface area contributed by atoms with Crippen molar-refractivity contribution in [3.8, 4) is 0 Å². The van der Waals surface area contributed by atoms with E-state index in [1.165, 1.54) is 16.7 Å². The lowest BCUT2D eigenvalue weighted by Gasteiger charge is -2.35. The number of hydrogen-bond donors (Lipinski definition) is 2. The minimum Gasteiger partial charge on any atom is -0.389 e. The van der Waals surface area contributed by atoms with Crippen molar-refractivity contribution in [3.63, 3.8) is 0 Å². The Morgan fingerprint density at radius 1 is 1.43 bits per heavy atom. The number of aromatic nitrogens is 2. The van der Waals surface area contributed by atoms with Crippen molar-refractivity contribution in [2.24, 2.45) is 0 Å². The molecule has 0 spiro atoms. The van der Waals surface area contributed by atoms with E-state index in [1.807, 2.05) is 6.92 Å². The minimum atomic E-state index is -3.65. The summed E-state index contributed by atoms with van der Waals surface area (Å²) in [6.07, 6.45) is 4.80. The van der Waals surface area contributed by atoms with Gasteiger partial charge in [-0.2, -0.15) is 4.31 Å². The SMILES string of the molecule is CCCNc1ncc(S(=O)(=O)N2CCCC(C)(O)C2)cn1. The molecule has 8 heteroatoms. The molecule has 1 atom stereocenters. The number of β-amino-alcohol motifs (C(OH)–C–C–N with tert-alkyl or cyclic N) is 1. The van der Waals surface area contributed by atoms with E-state index in [0.29, 0.717) is 25.3 Å². The predicted molar refractivity (Wildman–Crippen MR) is 79.4 cm³/mol. The molecule has 0 saturated carbocycles. The summed E-state index contributed by atoms with van der Waals surface area (Å²) in [6, 6.07) is 0. The molecule has 0 aromatic carbocycles. The summed E-state index contributed by atoms with van der Waals surface area (Å²) < 4.78 is 26.3. The summed E-state index contributed by atoms with van der Waals surface area (Å²) in [4.78, 5) is 8.10. The van der Waals surface area contributed by atoms with Crippen LogP contribution in [0.3, 0.4) is 0 Å². The third kappa shape index (κ3) is 3.90. The molecular weight excluding hydrogens is 292 g/mol. The van der Waals surface area contributed by atoms with E-state index in [4.69, 9.17) is 0 Å². The average molecular weight is 314 g/mol. The molecule has 1 aromatic heterocycles. The summed E-state index contributed by atoms with van der Waals surface area (Å²) in [7, 11) is -3.65. The van der Waals surface area contributed by atoms with Gasteiger partial charge < -0.3 is 10.4 Å². The Morgan fingerprint density at radius 2 is 2.10 bits per heavy atom. The maximum absolute atomic E-state index is 12.5. The standard InChI is InChI=1S/C13H22N4O3S/c1-3-6-14-12-15-8-11(9-16-12)21(19,20)17-7-4-5-13(2,18)10-17/h8-9,18H,3-7,10H2,1-2H3,(H,14,15,16). The lowest BCUT2D eigenvalue weighted by Crippen LogP contribution is -2.48. The summed E-state index contributed by atoms with van der Waals surface area (Å²) in [6.45, 7) is 4.93. The van der Waals surface area contributed by atoms with Crippen LogP contribution in [0, 0.1) is 0 Å². The first-order valence-corrected chi connectivity index (χ1v) is 8.57. The van der Waals surface area contributed by atoms with Crippen LogP contribution in [0.4, 0.5) is 5.95 Å². The van der Waals surface area contributed by atoms with Crippen molar-refractivity contribution in [2.45, 2.75) is 43.6 Å². The maximum atomic E-state index is 12.5. The smallest absolute Gasteiger partial charge is 0.246 e. The van der Waals surface area contributed by atoms with Gasteiger partial charge in [-0.05, 0) is 26.2 Å². The molecule has 0 radical (unpaired) electrons. The van der Waals surface area contributed by atoms with Gasteiger partial charge >= 0.3 is 0 Å². The Bertz CT molecular complexity index is 572. The first kappa shape index (κ1) is 16.1. The molecule has 0 bridgehead atoms. The van der Waals surface area contributed by atoms with Crippen LogP contribution in [0.25, 0.3) is 0 Å². The van der Waals surface area contributed by atoms with Gasteiger partial charge in [0.25, 0.3) is 0 Å². The lowest BCUT2D eigenvalue weighted by atomic mass is 9.97. The molecule has 1 fully saturated rings. The summed E-state index contributed by atoms with van der Waals surface area (Å²) in [5.41, 5.74) is -0.977. The number of rotatable bonds is 5. The van der Waals surface area contributed by atoms with Crippen molar-refractivity contribution in [1.82, 2.24) is 14.3 Å². The van der Waals surface area contributed by atoms with E-state index >= 15 is 0 Å². The van der Waals surface area contributed by atoms with Gasteiger partial charge in [0.05, 0.1) is 18.0 Å². The second kappa shape index (κ2) is 6.25. The fraction of sp³-hybridized carbons (Fsp3) is 0.692. The van der Waals surface area contributed by atoms with Crippen LogP contribution in [0.15, 0.2) is 17.3 Å². The topological polar surface area (TPSA) is 95.4 Å². The summed E-state index contributed by atoms with van der Waals surface area (Å²) >= 11 is 0. The zero-order valence-electron chi connectivity index (χ0n) is 12.4. The van der Waals surface area contributed by atoms with Crippen molar-refractivity contribution >= 4 is 16.0 Å². The van der Waals surface area contributed by atoms with E-state index < -0.39 is 15.6 Å². The lowest BCUT2D eigenvalue weighted by molar-refractivity contribution is 0.00939. The fourth-order valence-corrected chi connectivity index (χ4v) is 3.79. The van der Waals surface area contributed by atoms with Crippen LogP contribution < -0.4 is 5.32 Å². The molecule has 1 unspecified atom stereocenters. The van der Waals surface area contributed by atoms with Crippen molar-refractivity contribution in [3.05, 3.63) is 12.4 Å². The van der Waals surface area contributed by atoms with Gasteiger partial charge in [-0.15, -0.1) is 0 Å². The second-order valence-corrected chi connectivity index (χ2v) is 7.55. The highest BCUT2D eigenvalue weighted by atomic mass is 32.2. The van der Waals surface area contributed by atoms with Crippen LogP contribution in [0.5, 0.6) is 0 Å². The molecule has 1 aliphatic rings. The maximum Gasteiger partial charge on any atom is 0.246 e.